The van der Waals surface area contributed by atoms with E-state index in [9.17, 15) is 0 Å². The van der Waals surface area contributed by atoms with Gasteiger partial charge in [0, 0.05) is 61.0 Å². The van der Waals surface area contributed by atoms with Crippen molar-refractivity contribution in [3.63, 3.8) is 0 Å². The number of benzene rings is 10. The molecule has 13 rings (SSSR count). The van der Waals surface area contributed by atoms with Gasteiger partial charge in [-0.3, -0.25) is 0 Å². The van der Waals surface area contributed by atoms with Crippen molar-refractivity contribution in [2.24, 2.45) is 0 Å². The van der Waals surface area contributed by atoms with Gasteiger partial charge < -0.3 is 14.2 Å². The lowest BCUT2D eigenvalue weighted by molar-refractivity contribution is 0.600. The van der Waals surface area contributed by atoms with Crippen molar-refractivity contribution in [3.05, 3.63) is 253 Å². The van der Waals surface area contributed by atoms with E-state index < -0.39 is 0 Å². The van der Waals surface area contributed by atoms with E-state index in [2.05, 4.69) is 268 Å². The Morgan fingerprint density at radius 1 is 0.348 bits per heavy atom. The Morgan fingerprint density at radius 2 is 0.754 bits per heavy atom. The standard InChI is InChI=1S/C66H50N2O/c1-65(2)54-41-47(67(45-27-13-7-14-28-45)56-34-20-17-31-49(56)43-23-9-5-10-24-43)37-39-51(54)59-60-53-33-19-22-36-58(53)69-64(60)61-52-40-38-48(42-55(52)66(3,4)63(61)62(59)65)68(46-29-15-8-16-30-46)57-35-21-18-32-50(57)44-25-11-6-12-26-44/h5-42H,1-4H3. The molecular weight excluding hydrogens is 837 g/mol. The number of anilines is 6. The smallest absolute Gasteiger partial charge is 0.144 e. The van der Waals surface area contributed by atoms with E-state index in [1.54, 1.807) is 0 Å². The summed E-state index contributed by atoms with van der Waals surface area (Å²) in [6.07, 6.45) is 0. The maximum atomic E-state index is 7.15. The molecule has 0 N–H and O–H groups in total. The first-order valence-corrected chi connectivity index (χ1v) is 24.1. The van der Waals surface area contributed by atoms with Crippen molar-refractivity contribution >= 4 is 56.1 Å². The summed E-state index contributed by atoms with van der Waals surface area (Å²) in [5.41, 5.74) is 22.9. The van der Waals surface area contributed by atoms with Gasteiger partial charge in [0.1, 0.15) is 11.2 Å². The monoisotopic (exact) mass is 886 g/mol. The lowest BCUT2D eigenvalue weighted by Gasteiger charge is -2.32. The van der Waals surface area contributed by atoms with Gasteiger partial charge in [0.25, 0.3) is 0 Å². The van der Waals surface area contributed by atoms with Crippen LogP contribution in [-0.4, -0.2) is 0 Å². The van der Waals surface area contributed by atoms with Gasteiger partial charge in [-0.2, -0.15) is 0 Å². The molecule has 1 aromatic heterocycles. The molecule has 0 saturated carbocycles. The molecule has 0 amide bonds. The first-order chi connectivity index (χ1) is 33.8. The van der Waals surface area contributed by atoms with Gasteiger partial charge in [0.15, 0.2) is 0 Å². The van der Waals surface area contributed by atoms with E-state index in [-0.39, 0.29) is 10.8 Å². The van der Waals surface area contributed by atoms with Crippen LogP contribution in [0.3, 0.4) is 0 Å². The first-order valence-electron chi connectivity index (χ1n) is 24.1. The van der Waals surface area contributed by atoms with Crippen molar-refractivity contribution < 1.29 is 4.42 Å². The summed E-state index contributed by atoms with van der Waals surface area (Å²) in [5, 5.41) is 2.35. The Balaban J connectivity index is 1.03. The zero-order valence-electron chi connectivity index (χ0n) is 39.2. The number of fused-ring (bicyclic) bond motifs is 12. The topological polar surface area (TPSA) is 19.6 Å². The third-order valence-electron chi connectivity index (χ3n) is 15.0. The number of rotatable bonds is 8. The minimum absolute atomic E-state index is 0.370. The number of para-hydroxylation sites is 5. The van der Waals surface area contributed by atoms with Crippen LogP contribution < -0.4 is 9.80 Å². The molecule has 69 heavy (non-hydrogen) atoms. The van der Waals surface area contributed by atoms with E-state index >= 15 is 0 Å². The van der Waals surface area contributed by atoms with Gasteiger partial charge >= 0.3 is 0 Å². The number of hydrogen-bond donors (Lipinski definition) is 0. The summed E-state index contributed by atoms with van der Waals surface area (Å²) in [6, 6.07) is 83.6. The molecule has 330 valence electrons. The average molecular weight is 887 g/mol. The molecule has 0 saturated heterocycles. The Morgan fingerprint density at radius 3 is 1.26 bits per heavy atom. The van der Waals surface area contributed by atoms with Gasteiger partial charge in [0.2, 0.25) is 0 Å². The molecule has 3 heteroatoms. The highest BCUT2D eigenvalue weighted by atomic mass is 16.3. The SMILES string of the molecule is CC1(C)c2cc(N(c3ccccc3)c3ccccc3-c3ccccc3)ccc2-c2c1c1c(c3c2oc2ccccc23)-c2ccc(N(c3ccccc3)c3ccccc3-c3ccccc3)cc2C1(C)C. The third-order valence-corrected chi connectivity index (χ3v) is 15.0. The zero-order chi connectivity index (χ0) is 46.4. The summed E-state index contributed by atoms with van der Waals surface area (Å²) < 4.78 is 7.15. The fraction of sp³-hybridized carbons (Fsp3) is 0.0909. The second kappa shape index (κ2) is 15.6. The molecule has 0 atom stereocenters. The zero-order valence-corrected chi connectivity index (χ0v) is 39.2. The Hall–Kier alpha value is -8.40. The molecule has 2 aliphatic carbocycles. The van der Waals surface area contributed by atoms with E-state index in [0.717, 1.165) is 50.7 Å². The Kier molecular flexibility index (Phi) is 9.22. The molecule has 0 bridgehead atoms. The Labute approximate surface area is 404 Å². The van der Waals surface area contributed by atoms with E-state index in [1.165, 1.54) is 72.1 Å². The molecule has 0 spiro atoms. The maximum absolute atomic E-state index is 7.15. The number of furan rings is 1. The van der Waals surface area contributed by atoms with Gasteiger partial charge in [-0.25, -0.2) is 0 Å². The molecule has 3 nitrogen and oxygen atoms in total. The van der Waals surface area contributed by atoms with Crippen LogP contribution in [0.1, 0.15) is 49.9 Å². The van der Waals surface area contributed by atoms with Gasteiger partial charge in [0.05, 0.1) is 11.4 Å². The molecule has 0 aliphatic heterocycles. The van der Waals surface area contributed by atoms with E-state index in [0.29, 0.717) is 0 Å². The number of nitrogens with zero attached hydrogens (tertiary/aromatic N) is 2. The number of hydrogen-bond acceptors (Lipinski definition) is 3. The molecule has 10 aromatic carbocycles. The summed E-state index contributed by atoms with van der Waals surface area (Å²) in [7, 11) is 0. The molecule has 11 aromatic rings. The molecule has 0 unspecified atom stereocenters. The summed E-state index contributed by atoms with van der Waals surface area (Å²) in [6.45, 7) is 9.76. The quantitative estimate of drug-likeness (QED) is 0.152. The van der Waals surface area contributed by atoms with Crippen molar-refractivity contribution in [1.82, 2.24) is 0 Å². The van der Waals surface area contributed by atoms with Crippen LogP contribution in [0.5, 0.6) is 0 Å². The van der Waals surface area contributed by atoms with Crippen molar-refractivity contribution in [2.75, 3.05) is 9.80 Å². The summed E-state index contributed by atoms with van der Waals surface area (Å²) in [5.74, 6) is 0. The van der Waals surface area contributed by atoms with Crippen LogP contribution in [0, 0.1) is 0 Å². The van der Waals surface area contributed by atoms with Gasteiger partial charge in [-0.1, -0.05) is 191 Å². The Bertz CT molecular complexity index is 3780. The molecule has 2 aliphatic rings. The minimum Gasteiger partial charge on any atom is -0.455 e. The second-order valence-electron chi connectivity index (χ2n) is 19.6. The van der Waals surface area contributed by atoms with Crippen LogP contribution in [0.15, 0.2) is 235 Å². The average Bonchev–Trinajstić information content (AvgIpc) is 3.97. The van der Waals surface area contributed by atoms with E-state index in [1.807, 2.05) is 0 Å². The third kappa shape index (κ3) is 6.20. The summed E-state index contributed by atoms with van der Waals surface area (Å²) >= 11 is 0. The van der Waals surface area contributed by atoms with Crippen molar-refractivity contribution in [1.29, 1.82) is 0 Å². The van der Waals surface area contributed by atoms with Crippen LogP contribution in [0.2, 0.25) is 0 Å². The summed E-state index contributed by atoms with van der Waals surface area (Å²) in [4.78, 5) is 4.86. The maximum Gasteiger partial charge on any atom is 0.144 e. The van der Waals surface area contributed by atoms with Crippen LogP contribution in [0.25, 0.3) is 66.4 Å². The highest BCUT2D eigenvalue weighted by molar-refractivity contribution is 6.21. The molecule has 0 fully saturated rings. The molecular formula is C66H50N2O. The fourth-order valence-corrected chi connectivity index (χ4v) is 11.9. The van der Waals surface area contributed by atoms with Crippen LogP contribution >= 0.6 is 0 Å². The largest absolute Gasteiger partial charge is 0.455 e. The normalized spacial score (nSPS) is 13.7. The van der Waals surface area contributed by atoms with Gasteiger partial charge in [-0.05, 0) is 117 Å². The first kappa shape index (κ1) is 40.8. The van der Waals surface area contributed by atoms with Gasteiger partial charge in [-0.15, -0.1) is 0 Å². The van der Waals surface area contributed by atoms with E-state index in [4.69, 9.17) is 4.42 Å². The van der Waals surface area contributed by atoms with Crippen LogP contribution in [0.4, 0.5) is 34.1 Å². The van der Waals surface area contributed by atoms with Crippen molar-refractivity contribution in [2.45, 2.75) is 38.5 Å². The highest BCUT2D eigenvalue weighted by Gasteiger charge is 2.49. The lowest BCUT2D eigenvalue weighted by atomic mass is 9.72. The second-order valence-corrected chi connectivity index (χ2v) is 19.6. The highest BCUT2D eigenvalue weighted by Crippen LogP contribution is 2.64. The minimum atomic E-state index is -0.383. The fourth-order valence-electron chi connectivity index (χ4n) is 11.9. The lowest BCUT2D eigenvalue weighted by Crippen LogP contribution is -2.24. The molecule has 0 radical (unpaired) electrons. The van der Waals surface area contributed by atoms with Crippen LogP contribution in [-0.2, 0) is 10.8 Å². The van der Waals surface area contributed by atoms with Crippen molar-refractivity contribution in [3.8, 4) is 44.5 Å². The predicted molar refractivity (Wildman–Crippen MR) is 289 cm³/mol. The predicted octanol–water partition coefficient (Wildman–Crippen LogP) is 18.5. The molecule has 1 heterocycles.